The van der Waals surface area contributed by atoms with Crippen molar-refractivity contribution < 1.29 is 9.13 Å². The molecule has 1 fully saturated rings. The third kappa shape index (κ3) is 2.34. The van der Waals surface area contributed by atoms with Crippen LogP contribution < -0.4 is 0 Å². The molecule has 14 heavy (non-hydrogen) atoms. The molecular weight excluding hydrogens is 247 g/mol. The predicted molar refractivity (Wildman–Crippen MR) is 57.1 cm³/mol. The Labute approximate surface area is 91.4 Å². The molecule has 0 radical (unpaired) electrons. The minimum Gasteiger partial charge on any atom is -0.378 e. The standard InChI is InChI=1S/C11H12BrFO/c12-10-3-1-2-9(6-10)7-11(13)4-5-14-8-11/h1-3,6H,4-5,7-8H2. The summed E-state index contributed by atoms with van der Waals surface area (Å²) in [6.45, 7) is 0.782. The van der Waals surface area contributed by atoms with Gasteiger partial charge in [0.1, 0.15) is 5.67 Å². The van der Waals surface area contributed by atoms with Gasteiger partial charge in [-0.1, -0.05) is 28.1 Å². The predicted octanol–water partition coefficient (Wildman–Crippen LogP) is 3.12. The van der Waals surface area contributed by atoms with Gasteiger partial charge >= 0.3 is 0 Å². The largest absolute Gasteiger partial charge is 0.378 e. The SMILES string of the molecule is FC1(Cc2cccc(Br)c2)CCOC1. The highest BCUT2D eigenvalue weighted by atomic mass is 79.9. The molecule has 0 aromatic heterocycles. The highest BCUT2D eigenvalue weighted by Gasteiger charge is 2.34. The van der Waals surface area contributed by atoms with E-state index in [1.807, 2.05) is 24.3 Å². The van der Waals surface area contributed by atoms with Crippen LogP contribution in [0.3, 0.4) is 0 Å². The van der Waals surface area contributed by atoms with Crippen molar-refractivity contribution in [1.82, 2.24) is 0 Å². The highest BCUT2D eigenvalue weighted by molar-refractivity contribution is 9.10. The topological polar surface area (TPSA) is 9.23 Å². The number of hydrogen-bond acceptors (Lipinski definition) is 1. The van der Waals surface area contributed by atoms with E-state index in [1.54, 1.807) is 0 Å². The van der Waals surface area contributed by atoms with Gasteiger partial charge in [-0.05, 0) is 17.7 Å². The fraction of sp³-hybridized carbons (Fsp3) is 0.455. The first kappa shape index (κ1) is 10.1. The van der Waals surface area contributed by atoms with E-state index in [4.69, 9.17) is 4.74 Å². The maximum absolute atomic E-state index is 14.0. The lowest BCUT2D eigenvalue weighted by Crippen LogP contribution is -2.25. The summed E-state index contributed by atoms with van der Waals surface area (Å²) in [7, 11) is 0. The number of hydrogen-bond donors (Lipinski definition) is 0. The van der Waals surface area contributed by atoms with Crippen LogP contribution in [0.1, 0.15) is 12.0 Å². The minimum atomic E-state index is -1.15. The molecule has 76 valence electrons. The summed E-state index contributed by atoms with van der Waals surface area (Å²) >= 11 is 3.38. The first-order chi connectivity index (χ1) is 6.68. The Balaban J connectivity index is 2.10. The molecule has 1 aromatic rings. The van der Waals surface area contributed by atoms with Gasteiger partial charge in [0, 0.05) is 23.9 Å². The maximum Gasteiger partial charge on any atom is 0.140 e. The van der Waals surface area contributed by atoms with Crippen LogP contribution >= 0.6 is 15.9 Å². The summed E-state index contributed by atoms with van der Waals surface area (Å²) < 4.78 is 20.1. The Hall–Kier alpha value is -0.410. The molecule has 0 spiro atoms. The molecular formula is C11H12BrFO. The van der Waals surface area contributed by atoms with E-state index < -0.39 is 5.67 Å². The van der Waals surface area contributed by atoms with E-state index in [9.17, 15) is 4.39 Å². The molecule has 1 aromatic carbocycles. The molecule has 1 heterocycles. The Morgan fingerprint density at radius 1 is 1.50 bits per heavy atom. The van der Waals surface area contributed by atoms with E-state index in [0.717, 1.165) is 10.0 Å². The third-order valence-corrected chi connectivity index (χ3v) is 2.96. The van der Waals surface area contributed by atoms with Crippen LogP contribution in [0.5, 0.6) is 0 Å². The van der Waals surface area contributed by atoms with Gasteiger partial charge in [-0.25, -0.2) is 4.39 Å². The fourth-order valence-corrected chi connectivity index (χ4v) is 2.18. The molecule has 0 N–H and O–H groups in total. The van der Waals surface area contributed by atoms with Gasteiger partial charge in [-0.2, -0.15) is 0 Å². The summed E-state index contributed by atoms with van der Waals surface area (Å²) in [5.41, 5.74) is -0.131. The summed E-state index contributed by atoms with van der Waals surface area (Å²) in [6, 6.07) is 7.78. The van der Waals surface area contributed by atoms with E-state index in [0.29, 0.717) is 19.4 Å². The zero-order valence-corrected chi connectivity index (χ0v) is 9.39. The van der Waals surface area contributed by atoms with Crippen LogP contribution in [0.25, 0.3) is 0 Å². The van der Waals surface area contributed by atoms with Crippen molar-refractivity contribution in [1.29, 1.82) is 0 Å². The summed E-state index contributed by atoms with van der Waals surface area (Å²) in [6.07, 6.45) is 0.964. The first-order valence-electron chi connectivity index (χ1n) is 4.69. The smallest absolute Gasteiger partial charge is 0.140 e. The number of alkyl halides is 1. The van der Waals surface area contributed by atoms with Gasteiger partial charge in [0.2, 0.25) is 0 Å². The van der Waals surface area contributed by atoms with Crippen LogP contribution in [0.4, 0.5) is 4.39 Å². The molecule has 1 unspecified atom stereocenters. The lowest BCUT2D eigenvalue weighted by atomic mass is 9.96. The molecule has 3 heteroatoms. The van der Waals surface area contributed by atoms with Crippen molar-refractivity contribution in [3.8, 4) is 0 Å². The monoisotopic (exact) mass is 258 g/mol. The number of halogens is 2. The van der Waals surface area contributed by atoms with Gasteiger partial charge in [0.15, 0.2) is 0 Å². The van der Waals surface area contributed by atoms with Crippen molar-refractivity contribution in [3.63, 3.8) is 0 Å². The molecule has 0 amide bonds. The van der Waals surface area contributed by atoms with Crippen molar-refractivity contribution in [2.75, 3.05) is 13.2 Å². The average molecular weight is 259 g/mol. The normalized spacial score (nSPS) is 26.7. The fourth-order valence-electron chi connectivity index (χ4n) is 1.73. The molecule has 1 atom stereocenters. The zero-order chi connectivity index (χ0) is 10.0. The van der Waals surface area contributed by atoms with Gasteiger partial charge in [-0.3, -0.25) is 0 Å². The van der Waals surface area contributed by atoms with Crippen LogP contribution in [-0.2, 0) is 11.2 Å². The van der Waals surface area contributed by atoms with Gasteiger partial charge < -0.3 is 4.74 Å². The number of benzene rings is 1. The summed E-state index contributed by atoms with van der Waals surface area (Å²) in [5.74, 6) is 0. The van der Waals surface area contributed by atoms with E-state index >= 15 is 0 Å². The van der Waals surface area contributed by atoms with Crippen LogP contribution in [-0.4, -0.2) is 18.9 Å². The molecule has 1 nitrogen and oxygen atoms in total. The second kappa shape index (κ2) is 3.99. The lowest BCUT2D eigenvalue weighted by molar-refractivity contribution is 0.112. The molecule has 1 aliphatic rings. The number of rotatable bonds is 2. The zero-order valence-electron chi connectivity index (χ0n) is 7.80. The van der Waals surface area contributed by atoms with Gasteiger partial charge in [-0.15, -0.1) is 0 Å². The number of ether oxygens (including phenoxy) is 1. The molecule has 1 aliphatic heterocycles. The quantitative estimate of drug-likeness (QED) is 0.792. The molecule has 0 saturated carbocycles. The lowest BCUT2D eigenvalue weighted by Gasteiger charge is -2.16. The molecule has 0 aliphatic carbocycles. The van der Waals surface area contributed by atoms with Crippen LogP contribution in [0.2, 0.25) is 0 Å². The van der Waals surface area contributed by atoms with Gasteiger partial charge in [0.05, 0.1) is 6.61 Å². The Morgan fingerprint density at radius 2 is 2.36 bits per heavy atom. The molecule has 1 saturated heterocycles. The van der Waals surface area contributed by atoms with Crippen molar-refractivity contribution in [3.05, 3.63) is 34.3 Å². The molecule has 2 rings (SSSR count). The van der Waals surface area contributed by atoms with Crippen molar-refractivity contribution >= 4 is 15.9 Å². The van der Waals surface area contributed by atoms with Crippen LogP contribution in [0.15, 0.2) is 28.7 Å². The summed E-state index contributed by atoms with van der Waals surface area (Å²) in [4.78, 5) is 0. The first-order valence-corrected chi connectivity index (χ1v) is 5.48. The van der Waals surface area contributed by atoms with E-state index in [-0.39, 0.29) is 6.61 Å². The Morgan fingerprint density at radius 3 is 3.00 bits per heavy atom. The van der Waals surface area contributed by atoms with Crippen LogP contribution in [0, 0.1) is 0 Å². The Bertz CT molecular complexity index is 321. The second-order valence-corrected chi connectivity index (χ2v) is 4.68. The molecule has 0 bridgehead atoms. The van der Waals surface area contributed by atoms with Gasteiger partial charge in [0.25, 0.3) is 0 Å². The average Bonchev–Trinajstić information content (AvgIpc) is 2.51. The maximum atomic E-state index is 14.0. The van der Waals surface area contributed by atoms with E-state index in [2.05, 4.69) is 15.9 Å². The van der Waals surface area contributed by atoms with Crippen molar-refractivity contribution in [2.45, 2.75) is 18.5 Å². The van der Waals surface area contributed by atoms with Crippen molar-refractivity contribution in [2.24, 2.45) is 0 Å². The van der Waals surface area contributed by atoms with E-state index in [1.165, 1.54) is 0 Å². The second-order valence-electron chi connectivity index (χ2n) is 3.76. The Kier molecular flexibility index (Phi) is 2.88. The highest BCUT2D eigenvalue weighted by Crippen LogP contribution is 2.28. The minimum absolute atomic E-state index is 0.236. The third-order valence-electron chi connectivity index (χ3n) is 2.47. The summed E-state index contributed by atoms with van der Waals surface area (Å²) in [5, 5.41) is 0.